The van der Waals surface area contributed by atoms with E-state index in [9.17, 15) is 9.90 Å². The van der Waals surface area contributed by atoms with Gasteiger partial charge in [-0.3, -0.25) is 0 Å². The first kappa shape index (κ1) is 17.5. The fourth-order valence-electron chi connectivity index (χ4n) is 3.59. The Bertz CT molecular complexity index is 1160. The number of hydrogen-bond donors (Lipinski definition) is 1. The highest BCUT2D eigenvalue weighted by Crippen LogP contribution is 2.42. The van der Waals surface area contributed by atoms with Gasteiger partial charge in [0.05, 0.1) is 23.0 Å². The molecule has 1 fully saturated rings. The molecule has 0 amide bonds. The van der Waals surface area contributed by atoms with Crippen LogP contribution < -0.4 is 4.74 Å². The Morgan fingerprint density at radius 3 is 2.69 bits per heavy atom. The number of pyridine rings is 1. The van der Waals surface area contributed by atoms with Crippen LogP contribution in [0, 0.1) is 0 Å². The van der Waals surface area contributed by atoms with Crippen molar-refractivity contribution in [1.29, 1.82) is 0 Å². The first-order valence-electron chi connectivity index (χ1n) is 9.58. The molecule has 0 unspecified atom stereocenters. The standard InChI is InChI=1S/C22H19N3O4/c26-22(27)17-12-18(29-13-16-10-5-11-28-16)19-20(14-6-4-7-14)24-25(21(19)23-17)15-8-2-1-3-9-15/h1-3,5,8-12,14H,4,6-7,13H2,(H,26,27). The van der Waals surface area contributed by atoms with Crippen molar-refractivity contribution in [3.05, 3.63) is 71.9 Å². The normalized spacial score (nSPS) is 14.1. The van der Waals surface area contributed by atoms with Crippen molar-refractivity contribution in [2.75, 3.05) is 0 Å². The predicted octanol–water partition coefficient (Wildman–Crippen LogP) is 4.56. The van der Waals surface area contributed by atoms with Crippen LogP contribution in [0.4, 0.5) is 0 Å². The van der Waals surface area contributed by atoms with Crippen LogP contribution in [0.2, 0.25) is 0 Å². The van der Waals surface area contributed by atoms with E-state index in [4.69, 9.17) is 14.3 Å². The van der Waals surface area contributed by atoms with Gasteiger partial charge < -0.3 is 14.3 Å². The number of furan rings is 1. The summed E-state index contributed by atoms with van der Waals surface area (Å²) in [7, 11) is 0. The van der Waals surface area contributed by atoms with Gasteiger partial charge in [-0.15, -0.1) is 0 Å². The molecule has 0 saturated heterocycles. The number of carboxylic acids is 1. The fourth-order valence-corrected chi connectivity index (χ4v) is 3.59. The number of aromatic nitrogens is 3. The molecule has 5 rings (SSSR count). The number of nitrogens with zero attached hydrogens (tertiary/aromatic N) is 3. The third-order valence-corrected chi connectivity index (χ3v) is 5.29. The molecule has 1 saturated carbocycles. The van der Waals surface area contributed by atoms with Crippen LogP contribution in [0.1, 0.15) is 47.1 Å². The Balaban J connectivity index is 1.71. The number of para-hydroxylation sites is 1. The largest absolute Gasteiger partial charge is 0.485 e. The molecule has 0 atom stereocenters. The third-order valence-electron chi connectivity index (χ3n) is 5.29. The van der Waals surface area contributed by atoms with E-state index in [-0.39, 0.29) is 12.3 Å². The number of hydrogen-bond acceptors (Lipinski definition) is 5. The molecule has 3 heterocycles. The van der Waals surface area contributed by atoms with Crippen LogP contribution in [0.5, 0.6) is 5.75 Å². The van der Waals surface area contributed by atoms with Gasteiger partial charge in [-0.25, -0.2) is 14.5 Å². The summed E-state index contributed by atoms with van der Waals surface area (Å²) in [4.78, 5) is 16.1. The first-order valence-corrected chi connectivity index (χ1v) is 9.58. The minimum atomic E-state index is -1.11. The van der Waals surface area contributed by atoms with E-state index in [0.29, 0.717) is 23.1 Å². The first-order chi connectivity index (χ1) is 14.2. The minimum absolute atomic E-state index is 0.0795. The van der Waals surface area contributed by atoms with Gasteiger partial charge >= 0.3 is 5.97 Å². The van der Waals surface area contributed by atoms with Crippen molar-refractivity contribution < 1.29 is 19.1 Å². The third kappa shape index (κ3) is 3.14. The Hall–Kier alpha value is -3.61. The molecule has 1 N–H and O–H groups in total. The van der Waals surface area contributed by atoms with E-state index in [1.54, 1.807) is 17.0 Å². The highest BCUT2D eigenvalue weighted by molar-refractivity contribution is 5.94. The van der Waals surface area contributed by atoms with Crippen LogP contribution in [-0.4, -0.2) is 25.8 Å². The maximum absolute atomic E-state index is 11.7. The molecule has 3 aromatic heterocycles. The average molecular weight is 389 g/mol. The van der Waals surface area contributed by atoms with Crippen LogP contribution in [0.15, 0.2) is 59.2 Å². The second kappa shape index (κ2) is 7.09. The summed E-state index contributed by atoms with van der Waals surface area (Å²) >= 11 is 0. The summed E-state index contributed by atoms with van der Waals surface area (Å²) in [5, 5.41) is 15.2. The molecule has 29 heavy (non-hydrogen) atoms. The van der Waals surface area contributed by atoms with Gasteiger partial charge in [0, 0.05) is 12.0 Å². The topological polar surface area (TPSA) is 90.4 Å². The lowest BCUT2D eigenvalue weighted by Gasteiger charge is -2.24. The van der Waals surface area contributed by atoms with Crippen molar-refractivity contribution in [2.24, 2.45) is 0 Å². The van der Waals surface area contributed by atoms with Gasteiger partial charge in [0.25, 0.3) is 0 Å². The summed E-state index contributed by atoms with van der Waals surface area (Å²) in [6, 6.07) is 14.7. The number of ether oxygens (including phenoxy) is 1. The van der Waals surface area contributed by atoms with Crippen LogP contribution in [0.25, 0.3) is 16.7 Å². The lowest BCUT2D eigenvalue weighted by atomic mass is 9.82. The number of fused-ring (bicyclic) bond motifs is 1. The molecule has 4 aromatic rings. The maximum atomic E-state index is 11.7. The lowest BCUT2D eigenvalue weighted by molar-refractivity contribution is 0.0690. The molecule has 7 nitrogen and oxygen atoms in total. The molecule has 0 radical (unpaired) electrons. The minimum Gasteiger partial charge on any atom is -0.485 e. The molecule has 0 aliphatic heterocycles. The summed E-state index contributed by atoms with van der Waals surface area (Å²) in [5.74, 6) is 0.340. The quantitative estimate of drug-likeness (QED) is 0.520. The van der Waals surface area contributed by atoms with Gasteiger partial charge in [0.1, 0.15) is 18.1 Å². The number of benzene rings is 1. The van der Waals surface area contributed by atoms with Gasteiger partial charge in [0.2, 0.25) is 0 Å². The summed E-state index contributed by atoms with van der Waals surface area (Å²) in [5.41, 5.74) is 2.15. The van der Waals surface area contributed by atoms with Gasteiger partial charge in [0.15, 0.2) is 11.3 Å². The predicted molar refractivity (Wildman–Crippen MR) is 105 cm³/mol. The monoisotopic (exact) mass is 389 g/mol. The highest BCUT2D eigenvalue weighted by Gasteiger charge is 2.29. The van der Waals surface area contributed by atoms with Crippen molar-refractivity contribution in [1.82, 2.24) is 14.8 Å². The van der Waals surface area contributed by atoms with E-state index in [0.717, 1.165) is 36.0 Å². The van der Waals surface area contributed by atoms with Gasteiger partial charge in [-0.2, -0.15) is 5.10 Å². The maximum Gasteiger partial charge on any atom is 0.354 e. The van der Waals surface area contributed by atoms with Crippen LogP contribution >= 0.6 is 0 Å². The molecule has 1 aliphatic carbocycles. The van der Waals surface area contributed by atoms with E-state index in [1.807, 2.05) is 36.4 Å². The van der Waals surface area contributed by atoms with Crippen LogP contribution in [-0.2, 0) is 6.61 Å². The number of rotatable bonds is 6. The van der Waals surface area contributed by atoms with Gasteiger partial charge in [-0.1, -0.05) is 24.6 Å². The van der Waals surface area contributed by atoms with E-state index in [2.05, 4.69) is 4.98 Å². The van der Waals surface area contributed by atoms with Crippen molar-refractivity contribution >= 4 is 17.0 Å². The van der Waals surface area contributed by atoms with E-state index in [1.165, 1.54) is 6.07 Å². The molecule has 1 aliphatic rings. The molecule has 0 bridgehead atoms. The molecule has 0 spiro atoms. The SMILES string of the molecule is O=C(O)c1cc(OCc2ccco2)c2c(C3CCC3)nn(-c3ccccc3)c2n1. The highest BCUT2D eigenvalue weighted by atomic mass is 16.5. The molecule has 146 valence electrons. The molecular formula is C22H19N3O4. The van der Waals surface area contributed by atoms with Crippen molar-refractivity contribution in [3.8, 4) is 11.4 Å². The zero-order valence-corrected chi connectivity index (χ0v) is 15.6. The summed E-state index contributed by atoms with van der Waals surface area (Å²) in [6.07, 6.45) is 4.85. The second-order valence-corrected chi connectivity index (χ2v) is 7.14. The Labute approximate surface area is 166 Å². The van der Waals surface area contributed by atoms with E-state index >= 15 is 0 Å². The molecule has 7 heteroatoms. The lowest BCUT2D eigenvalue weighted by Crippen LogP contribution is -2.10. The molecule has 1 aromatic carbocycles. The second-order valence-electron chi connectivity index (χ2n) is 7.14. The zero-order chi connectivity index (χ0) is 19.8. The Morgan fingerprint density at radius 1 is 1.21 bits per heavy atom. The smallest absolute Gasteiger partial charge is 0.354 e. The van der Waals surface area contributed by atoms with Crippen molar-refractivity contribution in [3.63, 3.8) is 0 Å². The number of aromatic carboxylic acids is 1. The van der Waals surface area contributed by atoms with Crippen LogP contribution in [0.3, 0.4) is 0 Å². The Kier molecular flexibility index (Phi) is 4.27. The summed E-state index contributed by atoms with van der Waals surface area (Å²) < 4.78 is 13.1. The van der Waals surface area contributed by atoms with E-state index < -0.39 is 5.97 Å². The molecular weight excluding hydrogens is 370 g/mol. The average Bonchev–Trinajstić information content (AvgIpc) is 3.34. The number of carboxylic acid groups (broad SMARTS) is 1. The fraction of sp³-hybridized carbons (Fsp3) is 0.227. The van der Waals surface area contributed by atoms with Crippen molar-refractivity contribution in [2.45, 2.75) is 31.8 Å². The summed E-state index contributed by atoms with van der Waals surface area (Å²) in [6.45, 7) is 0.200. The van der Waals surface area contributed by atoms with Gasteiger partial charge in [-0.05, 0) is 37.1 Å². The Morgan fingerprint density at radius 2 is 2.03 bits per heavy atom. The zero-order valence-electron chi connectivity index (χ0n) is 15.6. The number of carbonyl (C=O) groups is 1.